The molecule has 2 aliphatic heterocycles. The predicted octanol–water partition coefficient (Wildman–Crippen LogP) is 2.02. The van der Waals surface area contributed by atoms with Gasteiger partial charge in [0.15, 0.2) is 5.82 Å². The topological polar surface area (TPSA) is 128 Å². The first-order valence-electron chi connectivity index (χ1n) is 9.14. The van der Waals surface area contributed by atoms with Crippen LogP contribution in [0.1, 0.15) is 34.6 Å². The van der Waals surface area contributed by atoms with Crippen molar-refractivity contribution in [2.24, 2.45) is 5.92 Å². The van der Waals surface area contributed by atoms with Crippen LogP contribution >= 0.6 is 0 Å². The second-order valence-electron chi connectivity index (χ2n) is 6.91. The molecule has 2 saturated heterocycles. The summed E-state index contributed by atoms with van der Waals surface area (Å²) >= 11 is 0. The molecule has 0 bridgehead atoms. The molecule has 13 heteroatoms. The first-order chi connectivity index (χ1) is 14.6. The molecule has 0 unspecified atom stereocenters. The number of carbonyl (C=O) groups excluding carboxylic acids is 1. The number of halogens is 3. The second-order valence-corrected chi connectivity index (χ2v) is 6.91. The molecule has 0 aromatic carbocycles. The van der Waals surface area contributed by atoms with Crippen LogP contribution < -0.4 is 4.74 Å². The van der Waals surface area contributed by atoms with Crippen LogP contribution in [0.2, 0.25) is 0 Å². The van der Waals surface area contributed by atoms with E-state index in [4.69, 9.17) is 23.9 Å². The molecule has 31 heavy (non-hydrogen) atoms. The largest absolute Gasteiger partial charge is 0.490 e. The molecule has 1 amide bonds. The number of likely N-dealkylation sites (tertiary alicyclic amines) is 1. The Bertz CT molecular complexity index is 936. The van der Waals surface area contributed by atoms with E-state index >= 15 is 0 Å². The van der Waals surface area contributed by atoms with Gasteiger partial charge in [-0.05, 0) is 25.5 Å². The van der Waals surface area contributed by atoms with E-state index in [-0.39, 0.29) is 24.0 Å². The Hall–Kier alpha value is -3.22. The smallest absolute Gasteiger partial charge is 0.480 e. The van der Waals surface area contributed by atoms with Gasteiger partial charge in [0.25, 0.3) is 11.8 Å². The van der Waals surface area contributed by atoms with Crippen molar-refractivity contribution in [1.29, 1.82) is 0 Å². The molecule has 3 atom stereocenters. The van der Waals surface area contributed by atoms with Crippen molar-refractivity contribution in [3.63, 3.8) is 0 Å². The quantitative estimate of drug-likeness (QED) is 0.756. The number of aliphatic carboxylic acids is 1. The number of carboxylic acids is 1. The van der Waals surface area contributed by atoms with Crippen molar-refractivity contribution in [2.45, 2.75) is 31.7 Å². The van der Waals surface area contributed by atoms with Gasteiger partial charge < -0.3 is 24.0 Å². The lowest BCUT2D eigenvalue weighted by Gasteiger charge is -2.19. The van der Waals surface area contributed by atoms with Crippen LogP contribution in [0.5, 0.6) is 5.88 Å². The zero-order valence-corrected chi connectivity index (χ0v) is 16.5. The number of nitrogens with zero attached hydrogens (tertiary/aromatic N) is 4. The highest BCUT2D eigenvalue weighted by atomic mass is 19.4. The van der Waals surface area contributed by atoms with Crippen LogP contribution in [0.15, 0.2) is 22.9 Å². The SMILES string of the molecule is COc1ncccc1C(=O)N1C[C@@H]2C[C@@H](c3nc(C)no3)O[C@@H]2C1.O=C(O)C(F)(F)F. The second kappa shape index (κ2) is 8.88. The summed E-state index contributed by atoms with van der Waals surface area (Å²) < 4.78 is 48.1. The lowest BCUT2D eigenvalue weighted by Crippen LogP contribution is -2.31. The first kappa shape index (κ1) is 22.5. The van der Waals surface area contributed by atoms with Gasteiger partial charge in [-0.2, -0.15) is 18.2 Å². The van der Waals surface area contributed by atoms with Gasteiger partial charge >= 0.3 is 12.1 Å². The Morgan fingerprint density at radius 1 is 1.32 bits per heavy atom. The van der Waals surface area contributed by atoms with Gasteiger partial charge in [-0.25, -0.2) is 9.78 Å². The van der Waals surface area contributed by atoms with Gasteiger partial charge in [-0.1, -0.05) is 5.16 Å². The monoisotopic (exact) mass is 444 g/mol. The molecule has 0 spiro atoms. The van der Waals surface area contributed by atoms with Crippen molar-refractivity contribution < 1.29 is 41.9 Å². The number of alkyl halides is 3. The lowest BCUT2D eigenvalue weighted by atomic mass is 10.0. The van der Waals surface area contributed by atoms with E-state index in [9.17, 15) is 18.0 Å². The van der Waals surface area contributed by atoms with Crippen LogP contribution in [0.25, 0.3) is 0 Å². The minimum Gasteiger partial charge on any atom is -0.480 e. The van der Waals surface area contributed by atoms with E-state index in [0.29, 0.717) is 36.2 Å². The third-order valence-electron chi connectivity index (χ3n) is 4.78. The van der Waals surface area contributed by atoms with E-state index in [2.05, 4.69) is 15.1 Å². The predicted molar refractivity (Wildman–Crippen MR) is 95.1 cm³/mol. The highest BCUT2D eigenvalue weighted by molar-refractivity contribution is 5.96. The highest BCUT2D eigenvalue weighted by Crippen LogP contribution is 2.40. The molecule has 4 heterocycles. The number of carbonyl (C=O) groups is 2. The van der Waals surface area contributed by atoms with E-state index in [1.807, 2.05) is 0 Å². The minimum atomic E-state index is -5.08. The number of aryl methyl sites for hydroxylation is 1. The summed E-state index contributed by atoms with van der Waals surface area (Å²) in [6.45, 7) is 2.97. The Labute approximate surface area is 174 Å². The van der Waals surface area contributed by atoms with E-state index in [0.717, 1.165) is 6.42 Å². The van der Waals surface area contributed by atoms with Crippen LogP contribution in [0.4, 0.5) is 13.2 Å². The average molecular weight is 444 g/mol. The maximum atomic E-state index is 12.7. The normalized spacial score (nSPS) is 22.5. The van der Waals surface area contributed by atoms with Gasteiger partial charge in [-0.15, -0.1) is 0 Å². The average Bonchev–Trinajstić information content (AvgIpc) is 3.41. The Morgan fingerprint density at radius 2 is 2.03 bits per heavy atom. The summed E-state index contributed by atoms with van der Waals surface area (Å²) in [4.78, 5) is 31.7. The van der Waals surface area contributed by atoms with Crippen molar-refractivity contribution >= 4 is 11.9 Å². The fourth-order valence-corrected chi connectivity index (χ4v) is 3.42. The molecule has 2 aliphatic rings. The Kier molecular flexibility index (Phi) is 6.43. The molecule has 2 aromatic rings. The number of hydrogen-bond acceptors (Lipinski definition) is 8. The molecular formula is C18H19F3N4O6. The van der Waals surface area contributed by atoms with E-state index in [1.165, 1.54) is 7.11 Å². The van der Waals surface area contributed by atoms with Crippen LogP contribution in [-0.2, 0) is 9.53 Å². The van der Waals surface area contributed by atoms with Crippen LogP contribution in [-0.4, -0.2) is 69.5 Å². The summed E-state index contributed by atoms with van der Waals surface area (Å²) in [6.07, 6.45) is -2.88. The zero-order valence-electron chi connectivity index (χ0n) is 16.5. The minimum absolute atomic E-state index is 0.00572. The van der Waals surface area contributed by atoms with Crippen molar-refractivity contribution in [1.82, 2.24) is 20.0 Å². The van der Waals surface area contributed by atoms with Gasteiger partial charge in [0, 0.05) is 25.2 Å². The first-order valence-corrected chi connectivity index (χ1v) is 9.14. The van der Waals surface area contributed by atoms with Gasteiger partial charge in [0.1, 0.15) is 11.7 Å². The maximum Gasteiger partial charge on any atom is 0.490 e. The number of aromatic nitrogens is 3. The number of methoxy groups -OCH3 is 1. The molecule has 10 nitrogen and oxygen atoms in total. The third-order valence-corrected chi connectivity index (χ3v) is 4.78. The number of rotatable bonds is 3. The summed E-state index contributed by atoms with van der Waals surface area (Å²) in [7, 11) is 1.51. The highest BCUT2D eigenvalue weighted by Gasteiger charge is 2.46. The number of carboxylic acid groups (broad SMARTS) is 1. The molecule has 168 valence electrons. The van der Waals surface area contributed by atoms with Crippen LogP contribution in [0.3, 0.4) is 0 Å². The van der Waals surface area contributed by atoms with Crippen molar-refractivity contribution in [3.8, 4) is 5.88 Å². The summed E-state index contributed by atoms with van der Waals surface area (Å²) in [5.74, 6) is -1.09. The Morgan fingerprint density at radius 3 is 2.58 bits per heavy atom. The van der Waals surface area contributed by atoms with Gasteiger partial charge in [-0.3, -0.25) is 4.79 Å². The zero-order chi connectivity index (χ0) is 22.8. The molecule has 0 radical (unpaired) electrons. The van der Waals surface area contributed by atoms with Crippen molar-refractivity contribution in [3.05, 3.63) is 35.6 Å². The molecular weight excluding hydrogens is 425 g/mol. The maximum absolute atomic E-state index is 12.7. The fourth-order valence-electron chi connectivity index (χ4n) is 3.42. The van der Waals surface area contributed by atoms with Gasteiger partial charge in [0.2, 0.25) is 5.88 Å². The fraction of sp³-hybridized carbons (Fsp3) is 0.500. The summed E-state index contributed by atoms with van der Waals surface area (Å²) in [5, 5.41) is 10.9. The Balaban J connectivity index is 0.000000339. The van der Waals surface area contributed by atoms with Crippen molar-refractivity contribution in [2.75, 3.05) is 20.2 Å². The van der Waals surface area contributed by atoms with Crippen LogP contribution in [0, 0.1) is 12.8 Å². The molecule has 2 aromatic heterocycles. The lowest BCUT2D eigenvalue weighted by molar-refractivity contribution is -0.192. The summed E-state index contributed by atoms with van der Waals surface area (Å²) in [6, 6.07) is 3.46. The molecule has 1 N–H and O–H groups in total. The number of pyridine rings is 1. The molecule has 0 saturated carbocycles. The van der Waals surface area contributed by atoms with E-state index < -0.39 is 12.1 Å². The molecule has 2 fully saturated rings. The number of amides is 1. The molecule has 4 rings (SSSR count). The summed E-state index contributed by atoms with van der Waals surface area (Å²) in [5.41, 5.74) is 0.476. The standard InChI is InChI=1S/C16H18N4O4.C2HF3O2/c1-9-18-15(24-19-9)12-6-10-7-20(8-13(10)23-12)16(21)11-4-3-5-17-14(11)22-2;3-2(4,5)1(6)7/h3-5,10,12-13H,6-8H2,1-2H3;(H,6,7)/t10-,12-,13+;/m0./s1. The van der Waals surface area contributed by atoms with Gasteiger partial charge in [0.05, 0.1) is 13.2 Å². The number of hydrogen-bond donors (Lipinski definition) is 1. The molecule has 0 aliphatic carbocycles. The van der Waals surface area contributed by atoms with E-state index in [1.54, 1.807) is 30.2 Å². The third kappa shape index (κ3) is 5.10. The number of fused-ring (bicyclic) bond motifs is 1. The number of ether oxygens (including phenoxy) is 2.